The van der Waals surface area contributed by atoms with Gasteiger partial charge in [-0.2, -0.15) is 0 Å². The quantitative estimate of drug-likeness (QED) is 0.735. The number of aromatic nitrogens is 2. The Morgan fingerprint density at radius 2 is 2.14 bits per heavy atom. The van der Waals surface area contributed by atoms with Gasteiger partial charge in [-0.1, -0.05) is 0 Å². The molecular weight excluding hydrogens is 275 g/mol. The molecule has 2 heterocycles. The van der Waals surface area contributed by atoms with Gasteiger partial charge < -0.3 is 15.6 Å². The molecule has 3 N–H and O–H groups in total. The smallest absolute Gasteiger partial charge is 0.326 e. The highest BCUT2D eigenvalue weighted by molar-refractivity contribution is 5.83. The molecule has 1 amide bonds. The summed E-state index contributed by atoms with van der Waals surface area (Å²) in [7, 11) is 1.48. The second kappa shape index (κ2) is 5.48. The van der Waals surface area contributed by atoms with E-state index in [0.717, 1.165) is 25.9 Å². The molecule has 1 saturated heterocycles. The van der Waals surface area contributed by atoms with Crippen molar-refractivity contribution in [1.82, 2.24) is 20.2 Å². The summed E-state index contributed by atoms with van der Waals surface area (Å²) < 4.78 is 15.8. The molecule has 3 rings (SSSR count). The molecule has 0 bridgehead atoms. The van der Waals surface area contributed by atoms with Crippen LogP contribution in [0.5, 0.6) is 0 Å². The number of carbonyl (C=O) groups is 1. The second-order valence-electron chi connectivity index (χ2n) is 5.55. The first kappa shape index (κ1) is 14.1. The number of carbonyl (C=O) groups excluding carboxylic acids is 1. The lowest BCUT2D eigenvalue weighted by molar-refractivity contribution is -0.123. The largest absolute Gasteiger partial charge is 0.359 e. The maximum atomic E-state index is 14.2. The van der Waals surface area contributed by atoms with Gasteiger partial charge in [0.25, 0.3) is 0 Å². The number of piperidine rings is 1. The van der Waals surface area contributed by atoms with Gasteiger partial charge in [-0.25, -0.2) is 9.18 Å². The summed E-state index contributed by atoms with van der Waals surface area (Å²) >= 11 is 0. The number of aromatic amines is 1. The zero-order valence-electron chi connectivity index (χ0n) is 11.9. The summed E-state index contributed by atoms with van der Waals surface area (Å²) in [5, 5.41) is 5.70. The summed E-state index contributed by atoms with van der Waals surface area (Å²) in [6.07, 6.45) is 3.22. The van der Waals surface area contributed by atoms with Crippen LogP contribution < -0.4 is 16.3 Å². The van der Waals surface area contributed by atoms with Crippen molar-refractivity contribution in [3.05, 3.63) is 27.7 Å². The second-order valence-corrected chi connectivity index (χ2v) is 5.55. The van der Waals surface area contributed by atoms with Crippen LogP contribution in [-0.2, 0) is 11.2 Å². The zero-order chi connectivity index (χ0) is 15.0. The molecule has 21 heavy (non-hydrogen) atoms. The van der Waals surface area contributed by atoms with Crippen molar-refractivity contribution in [2.45, 2.75) is 25.3 Å². The molecule has 1 aromatic heterocycles. The van der Waals surface area contributed by atoms with E-state index in [1.54, 1.807) is 4.57 Å². The van der Waals surface area contributed by atoms with E-state index >= 15 is 0 Å². The van der Waals surface area contributed by atoms with Crippen molar-refractivity contribution < 1.29 is 9.18 Å². The fraction of sp³-hybridized carbons (Fsp3) is 0.571. The van der Waals surface area contributed by atoms with Crippen LogP contribution >= 0.6 is 0 Å². The van der Waals surface area contributed by atoms with Crippen molar-refractivity contribution >= 4 is 12.0 Å². The molecular formula is C14H19FN4O2. The van der Waals surface area contributed by atoms with Crippen LogP contribution in [-0.4, -0.2) is 35.6 Å². The highest BCUT2D eigenvalue weighted by atomic mass is 19.1. The molecule has 1 unspecified atom stereocenters. The van der Waals surface area contributed by atoms with E-state index in [2.05, 4.69) is 15.6 Å². The molecule has 0 spiro atoms. The molecule has 1 fully saturated rings. The lowest BCUT2D eigenvalue weighted by Gasteiger charge is -2.26. The van der Waals surface area contributed by atoms with Gasteiger partial charge in [-0.05, 0) is 32.0 Å². The molecule has 0 aromatic carbocycles. The van der Waals surface area contributed by atoms with E-state index < -0.39 is 11.7 Å². The van der Waals surface area contributed by atoms with Gasteiger partial charge in [-0.15, -0.1) is 0 Å². The molecule has 1 aliphatic heterocycles. The van der Waals surface area contributed by atoms with Crippen molar-refractivity contribution in [3.63, 3.8) is 0 Å². The Morgan fingerprint density at radius 3 is 2.81 bits per heavy atom. The standard InChI is InChI=1S/C14H19FN4O2/c1-16-13(20)9-6-11-12(7-10(9)15)19(14(21)18-11)8-2-4-17-5-3-8/h7-9,17H,2-6H2,1H3,(H,16,20)(H,18,21). The third-order valence-electron chi connectivity index (χ3n) is 4.30. The maximum Gasteiger partial charge on any atom is 0.326 e. The van der Waals surface area contributed by atoms with Gasteiger partial charge >= 0.3 is 5.69 Å². The average molecular weight is 294 g/mol. The first-order chi connectivity index (χ1) is 10.1. The Bertz CT molecular complexity index is 640. The maximum absolute atomic E-state index is 14.2. The third kappa shape index (κ3) is 2.42. The van der Waals surface area contributed by atoms with Gasteiger partial charge in [0, 0.05) is 25.2 Å². The highest BCUT2D eigenvalue weighted by Crippen LogP contribution is 2.30. The summed E-state index contributed by atoms with van der Waals surface area (Å²) in [6.45, 7) is 1.70. The Morgan fingerprint density at radius 1 is 1.43 bits per heavy atom. The van der Waals surface area contributed by atoms with E-state index in [1.807, 2.05) is 0 Å². The number of nitrogens with zero attached hydrogens (tertiary/aromatic N) is 1. The predicted octanol–water partition coefficient (Wildman–Crippen LogP) is 0.330. The van der Waals surface area contributed by atoms with Crippen LogP contribution in [0, 0.1) is 5.92 Å². The lowest BCUT2D eigenvalue weighted by Crippen LogP contribution is -2.34. The van der Waals surface area contributed by atoms with Crippen molar-refractivity contribution in [1.29, 1.82) is 0 Å². The van der Waals surface area contributed by atoms with Crippen LogP contribution in [0.3, 0.4) is 0 Å². The number of imidazole rings is 1. The van der Waals surface area contributed by atoms with Gasteiger partial charge in [0.05, 0.1) is 11.6 Å². The van der Waals surface area contributed by atoms with Gasteiger partial charge in [-0.3, -0.25) is 9.36 Å². The Hall–Kier alpha value is -1.89. The van der Waals surface area contributed by atoms with Gasteiger partial charge in [0.15, 0.2) is 0 Å². The lowest BCUT2D eigenvalue weighted by atomic mass is 9.93. The average Bonchev–Trinajstić information content (AvgIpc) is 2.81. The molecule has 2 aliphatic rings. The summed E-state index contributed by atoms with van der Waals surface area (Å²) in [5.74, 6) is -1.70. The fourth-order valence-electron chi connectivity index (χ4n) is 3.17. The molecule has 6 nitrogen and oxygen atoms in total. The number of fused-ring (bicyclic) bond motifs is 1. The minimum absolute atomic E-state index is 0.0827. The number of nitrogens with one attached hydrogen (secondary N) is 3. The molecule has 1 atom stereocenters. The predicted molar refractivity (Wildman–Crippen MR) is 76.5 cm³/mol. The van der Waals surface area contributed by atoms with Crippen LogP contribution in [0.15, 0.2) is 10.6 Å². The number of rotatable bonds is 2. The van der Waals surface area contributed by atoms with E-state index in [0.29, 0.717) is 11.4 Å². The first-order valence-electron chi connectivity index (χ1n) is 7.24. The number of hydrogen-bond donors (Lipinski definition) is 3. The third-order valence-corrected chi connectivity index (χ3v) is 4.30. The monoisotopic (exact) mass is 294 g/mol. The van der Waals surface area contributed by atoms with Crippen molar-refractivity contribution in [2.24, 2.45) is 5.92 Å². The van der Waals surface area contributed by atoms with E-state index in [-0.39, 0.29) is 24.1 Å². The minimum atomic E-state index is -0.845. The van der Waals surface area contributed by atoms with Crippen LogP contribution in [0.2, 0.25) is 0 Å². The Labute approximate surface area is 121 Å². The zero-order valence-corrected chi connectivity index (χ0v) is 11.9. The summed E-state index contributed by atoms with van der Waals surface area (Å²) in [4.78, 5) is 26.7. The van der Waals surface area contributed by atoms with Crippen LogP contribution in [0.25, 0.3) is 6.08 Å². The van der Waals surface area contributed by atoms with Gasteiger partial charge in [0.1, 0.15) is 5.83 Å². The summed E-state index contributed by atoms with van der Waals surface area (Å²) in [6, 6.07) is 0.0827. The highest BCUT2D eigenvalue weighted by Gasteiger charge is 2.32. The molecule has 7 heteroatoms. The Balaban J connectivity index is 1.98. The number of hydrogen-bond acceptors (Lipinski definition) is 3. The fourth-order valence-corrected chi connectivity index (χ4v) is 3.17. The van der Waals surface area contributed by atoms with E-state index in [4.69, 9.17) is 0 Å². The van der Waals surface area contributed by atoms with Gasteiger partial charge in [0.2, 0.25) is 5.91 Å². The Kier molecular flexibility index (Phi) is 3.67. The molecule has 0 radical (unpaired) electrons. The number of H-pyrrole nitrogens is 1. The topological polar surface area (TPSA) is 78.9 Å². The van der Waals surface area contributed by atoms with Crippen molar-refractivity contribution in [2.75, 3.05) is 20.1 Å². The SMILES string of the molecule is CNC(=O)C1Cc2[nH]c(=O)n(C3CCNCC3)c2C=C1F. The number of halogens is 1. The normalized spacial score (nSPS) is 22.6. The molecule has 1 aromatic rings. The minimum Gasteiger partial charge on any atom is -0.359 e. The van der Waals surface area contributed by atoms with Crippen LogP contribution in [0.1, 0.15) is 30.3 Å². The van der Waals surface area contributed by atoms with Crippen molar-refractivity contribution in [3.8, 4) is 0 Å². The van der Waals surface area contributed by atoms with E-state index in [1.165, 1.54) is 13.1 Å². The molecule has 1 aliphatic carbocycles. The molecule has 114 valence electrons. The molecule has 0 saturated carbocycles. The summed E-state index contributed by atoms with van der Waals surface area (Å²) in [5.41, 5.74) is 1.02. The van der Waals surface area contributed by atoms with Crippen LogP contribution in [0.4, 0.5) is 4.39 Å². The van der Waals surface area contributed by atoms with E-state index in [9.17, 15) is 14.0 Å². The first-order valence-corrected chi connectivity index (χ1v) is 7.24. The number of amides is 1.